The molecule has 1 atom stereocenters. The molecular formula is C22H25N3O4. The Morgan fingerprint density at radius 2 is 1.93 bits per heavy atom. The van der Waals surface area contributed by atoms with Crippen molar-refractivity contribution in [3.63, 3.8) is 0 Å². The molecule has 5 rings (SSSR count). The third-order valence-corrected chi connectivity index (χ3v) is 6.09. The van der Waals surface area contributed by atoms with Crippen molar-refractivity contribution in [3.05, 3.63) is 45.5 Å². The van der Waals surface area contributed by atoms with Gasteiger partial charge in [-0.2, -0.15) is 0 Å². The Balaban J connectivity index is 1.37. The number of fused-ring (bicyclic) bond motifs is 3. The van der Waals surface area contributed by atoms with Crippen LogP contribution >= 0.6 is 0 Å². The van der Waals surface area contributed by atoms with Gasteiger partial charge in [0.1, 0.15) is 5.75 Å². The molecule has 0 fully saturated rings. The molecule has 0 radical (unpaired) electrons. The Labute approximate surface area is 169 Å². The van der Waals surface area contributed by atoms with Crippen LogP contribution in [0, 0.1) is 6.92 Å². The highest BCUT2D eigenvalue weighted by Crippen LogP contribution is 2.38. The van der Waals surface area contributed by atoms with Crippen LogP contribution in [0.25, 0.3) is 0 Å². The number of rotatable bonds is 4. The zero-order valence-corrected chi connectivity index (χ0v) is 16.6. The monoisotopic (exact) mass is 395 g/mol. The van der Waals surface area contributed by atoms with E-state index in [-0.39, 0.29) is 12.5 Å². The standard InChI is InChI=1S/C22H25N3O4/c1-12-21(19-13(9-23-12)10-29-22(19)27)28-11-18(26)25-20-14-5-2-3-7-16(14)24-17-8-4-6-15(17)20/h9,22,27H,2-8,10-11H2,1H3,(H,24,25,26). The summed E-state index contributed by atoms with van der Waals surface area (Å²) in [5.74, 6) is 0.230. The number of ether oxygens (including phenoxy) is 2. The van der Waals surface area contributed by atoms with Gasteiger partial charge >= 0.3 is 0 Å². The quantitative estimate of drug-likeness (QED) is 0.827. The predicted molar refractivity (Wildman–Crippen MR) is 106 cm³/mol. The van der Waals surface area contributed by atoms with Crippen molar-refractivity contribution in [1.29, 1.82) is 0 Å². The Bertz CT molecular complexity index is 989. The molecule has 1 unspecified atom stereocenters. The van der Waals surface area contributed by atoms with Crippen molar-refractivity contribution >= 4 is 11.6 Å². The fourth-order valence-electron chi connectivity index (χ4n) is 4.68. The van der Waals surface area contributed by atoms with Crippen LogP contribution in [0.3, 0.4) is 0 Å². The topological polar surface area (TPSA) is 93.6 Å². The van der Waals surface area contributed by atoms with Crippen LogP contribution in [0.4, 0.5) is 5.69 Å². The second-order valence-corrected chi connectivity index (χ2v) is 8.01. The minimum absolute atomic E-state index is 0.141. The lowest BCUT2D eigenvalue weighted by molar-refractivity contribution is -0.118. The highest BCUT2D eigenvalue weighted by molar-refractivity contribution is 5.94. The number of aromatic nitrogens is 2. The van der Waals surface area contributed by atoms with E-state index in [4.69, 9.17) is 14.5 Å². The Hall–Kier alpha value is -2.51. The summed E-state index contributed by atoms with van der Waals surface area (Å²) < 4.78 is 11.1. The van der Waals surface area contributed by atoms with Crippen LogP contribution in [-0.4, -0.2) is 27.6 Å². The van der Waals surface area contributed by atoms with Gasteiger partial charge < -0.3 is 19.9 Å². The Morgan fingerprint density at radius 3 is 2.76 bits per heavy atom. The first kappa shape index (κ1) is 18.5. The lowest BCUT2D eigenvalue weighted by atomic mass is 9.92. The van der Waals surface area contributed by atoms with Crippen molar-refractivity contribution in [1.82, 2.24) is 9.97 Å². The number of hydrogen-bond acceptors (Lipinski definition) is 6. The molecule has 7 heteroatoms. The van der Waals surface area contributed by atoms with Crippen molar-refractivity contribution < 1.29 is 19.4 Å². The third-order valence-electron chi connectivity index (χ3n) is 6.09. The van der Waals surface area contributed by atoms with Crippen molar-refractivity contribution in [3.8, 4) is 5.75 Å². The van der Waals surface area contributed by atoms with Crippen molar-refractivity contribution in [2.45, 2.75) is 64.8 Å². The maximum Gasteiger partial charge on any atom is 0.262 e. The van der Waals surface area contributed by atoms with E-state index in [1.165, 1.54) is 11.1 Å². The molecule has 3 heterocycles. The van der Waals surface area contributed by atoms with E-state index in [0.29, 0.717) is 23.6 Å². The normalized spacial score (nSPS) is 19.4. The molecule has 29 heavy (non-hydrogen) atoms. The molecule has 1 aliphatic heterocycles. The summed E-state index contributed by atoms with van der Waals surface area (Å²) in [6.07, 6.45) is 7.92. The van der Waals surface area contributed by atoms with Gasteiger partial charge in [0.2, 0.25) is 0 Å². The fraction of sp³-hybridized carbons (Fsp3) is 0.500. The van der Waals surface area contributed by atoms with Gasteiger partial charge in [0, 0.05) is 23.1 Å². The zero-order valence-electron chi connectivity index (χ0n) is 16.6. The number of anilines is 1. The largest absolute Gasteiger partial charge is 0.481 e. The molecule has 2 aliphatic carbocycles. The lowest BCUT2D eigenvalue weighted by Gasteiger charge is -2.22. The molecule has 2 aromatic rings. The van der Waals surface area contributed by atoms with Crippen molar-refractivity contribution in [2.24, 2.45) is 0 Å². The summed E-state index contributed by atoms with van der Waals surface area (Å²) in [5.41, 5.74) is 7.65. The average Bonchev–Trinajstić information content (AvgIpc) is 3.34. The van der Waals surface area contributed by atoms with Gasteiger partial charge in [0.15, 0.2) is 12.9 Å². The number of aliphatic hydroxyl groups excluding tert-OH is 1. The number of aryl methyl sites for hydroxylation is 3. The van der Waals surface area contributed by atoms with Gasteiger partial charge in [-0.1, -0.05) is 0 Å². The molecular weight excluding hydrogens is 370 g/mol. The third kappa shape index (κ3) is 3.28. The van der Waals surface area contributed by atoms with Gasteiger partial charge in [-0.15, -0.1) is 0 Å². The van der Waals surface area contributed by atoms with Gasteiger partial charge in [0.25, 0.3) is 5.91 Å². The van der Waals surface area contributed by atoms with E-state index < -0.39 is 6.29 Å². The van der Waals surface area contributed by atoms with Crippen LogP contribution in [0.2, 0.25) is 0 Å². The van der Waals surface area contributed by atoms with Gasteiger partial charge in [0.05, 0.1) is 23.6 Å². The summed E-state index contributed by atoms with van der Waals surface area (Å²) >= 11 is 0. The molecule has 0 spiro atoms. The molecule has 0 saturated carbocycles. The van der Waals surface area contributed by atoms with Gasteiger partial charge in [-0.05, 0) is 63.0 Å². The number of carbonyl (C=O) groups is 1. The number of nitrogens with zero attached hydrogens (tertiary/aromatic N) is 2. The summed E-state index contributed by atoms with van der Waals surface area (Å²) in [7, 11) is 0. The molecule has 2 N–H and O–H groups in total. The summed E-state index contributed by atoms with van der Waals surface area (Å²) in [6.45, 7) is 1.95. The smallest absolute Gasteiger partial charge is 0.262 e. The number of hydrogen-bond donors (Lipinski definition) is 2. The maximum atomic E-state index is 12.8. The molecule has 1 amide bonds. The van der Waals surface area contributed by atoms with Crippen LogP contribution < -0.4 is 10.1 Å². The number of nitrogens with one attached hydrogen (secondary N) is 1. The second kappa shape index (κ2) is 7.39. The first-order valence-electron chi connectivity index (χ1n) is 10.4. The fourth-order valence-corrected chi connectivity index (χ4v) is 4.68. The average molecular weight is 395 g/mol. The highest BCUT2D eigenvalue weighted by atomic mass is 16.6. The Kier molecular flexibility index (Phi) is 4.72. The van der Waals surface area contributed by atoms with Crippen molar-refractivity contribution in [2.75, 3.05) is 11.9 Å². The zero-order chi connectivity index (χ0) is 20.0. The van der Waals surface area contributed by atoms with E-state index >= 15 is 0 Å². The van der Waals surface area contributed by atoms with Crippen LogP contribution in [-0.2, 0) is 41.8 Å². The van der Waals surface area contributed by atoms with E-state index in [9.17, 15) is 9.90 Å². The number of amides is 1. The molecule has 3 aliphatic rings. The predicted octanol–water partition coefficient (Wildman–Crippen LogP) is 2.69. The van der Waals surface area contributed by atoms with E-state index in [1.807, 2.05) is 0 Å². The van der Waals surface area contributed by atoms with Crippen LogP contribution in [0.5, 0.6) is 5.75 Å². The summed E-state index contributed by atoms with van der Waals surface area (Å²) in [6, 6.07) is 0. The molecule has 7 nitrogen and oxygen atoms in total. The van der Waals surface area contributed by atoms with E-state index in [0.717, 1.165) is 67.6 Å². The first-order valence-corrected chi connectivity index (χ1v) is 10.4. The molecule has 2 aromatic heterocycles. The van der Waals surface area contributed by atoms with E-state index in [2.05, 4.69) is 10.3 Å². The summed E-state index contributed by atoms with van der Waals surface area (Å²) in [4.78, 5) is 22.0. The molecule has 152 valence electrons. The van der Waals surface area contributed by atoms with Crippen LogP contribution in [0.1, 0.15) is 64.9 Å². The highest BCUT2D eigenvalue weighted by Gasteiger charge is 2.29. The number of pyridine rings is 2. The SMILES string of the molecule is Cc1ncc2c(c1OCC(=O)Nc1c3c(nc4c1CCC4)CCCC3)C(O)OC2. The molecule has 0 saturated heterocycles. The maximum absolute atomic E-state index is 12.8. The van der Waals surface area contributed by atoms with Gasteiger partial charge in [-0.25, -0.2) is 0 Å². The second-order valence-electron chi connectivity index (χ2n) is 8.01. The molecule has 0 bridgehead atoms. The van der Waals surface area contributed by atoms with E-state index in [1.54, 1.807) is 13.1 Å². The first-order chi connectivity index (χ1) is 14.1. The summed E-state index contributed by atoms with van der Waals surface area (Å²) in [5, 5.41) is 13.2. The molecule has 0 aromatic carbocycles. The minimum atomic E-state index is -1.04. The lowest BCUT2D eigenvalue weighted by Crippen LogP contribution is -2.24. The Morgan fingerprint density at radius 1 is 1.21 bits per heavy atom. The number of carbonyl (C=O) groups excluding carboxylic acids is 1. The van der Waals surface area contributed by atoms with Gasteiger partial charge in [-0.3, -0.25) is 14.8 Å². The number of aliphatic hydroxyl groups is 1. The minimum Gasteiger partial charge on any atom is -0.481 e. The van der Waals surface area contributed by atoms with Crippen LogP contribution in [0.15, 0.2) is 6.20 Å².